The van der Waals surface area contributed by atoms with E-state index >= 15 is 0 Å². The molecule has 0 amide bonds. The molecule has 100 valence electrons. The molecule has 0 aromatic heterocycles. The number of hydrogen-bond acceptors (Lipinski definition) is 2. The van der Waals surface area contributed by atoms with Crippen LogP contribution in [0.5, 0.6) is 5.75 Å². The summed E-state index contributed by atoms with van der Waals surface area (Å²) in [4.78, 5) is 2.32. The lowest BCUT2D eigenvalue weighted by atomic mass is 10.2. The minimum atomic E-state index is 0.701. The van der Waals surface area contributed by atoms with Gasteiger partial charge in [0.15, 0.2) is 0 Å². The van der Waals surface area contributed by atoms with Gasteiger partial charge >= 0.3 is 0 Å². The summed E-state index contributed by atoms with van der Waals surface area (Å²) in [6, 6.07) is 18.6. The van der Waals surface area contributed by atoms with E-state index in [0.717, 1.165) is 18.8 Å². The van der Waals surface area contributed by atoms with Gasteiger partial charge in [-0.2, -0.15) is 0 Å². The number of nitrogens with zero attached hydrogens (tertiary/aromatic N) is 1. The molecule has 0 atom stereocenters. The summed E-state index contributed by atoms with van der Waals surface area (Å²) in [6.45, 7) is 6.83. The summed E-state index contributed by atoms with van der Waals surface area (Å²) in [7, 11) is 0. The van der Waals surface area contributed by atoms with E-state index in [0.29, 0.717) is 6.61 Å². The molecule has 0 radical (unpaired) electrons. The minimum Gasteiger partial charge on any atom is -0.492 e. The van der Waals surface area contributed by atoms with Crippen LogP contribution in [0.15, 0.2) is 54.6 Å². The molecule has 0 aliphatic rings. The van der Waals surface area contributed by atoms with Gasteiger partial charge in [-0.1, -0.05) is 30.3 Å². The molecule has 0 saturated carbocycles. The largest absolute Gasteiger partial charge is 0.492 e. The van der Waals surface area contributed by atoms with Crippen LogP contribution < -0.4 is 9.64 Å². The first-order chi connectivity index (χ1) is 9.29. The summed E-state index contributed by atoms with van der Waals surface area (Å²) < 4.78 is 5.80. The first-order valence-electron chi connectivity index (χ1n) is 6.79. The average Bonchev–Trinajstić information content (AvgIpc) is 2.45. The van der Waals surface area contributed by atoms with Gasteiger partial charge in [-0.15, -0.1) is 0 Å². The zero-order valence-electron chi connectivity index (χ0n) is 11.7. The minimum absolute atomic E-state index is 0.701. The van der Waals surface area contributed by atoms with Crippen LogP contribution in [0.2, 0.25) is 0 Å². The monoisotopic (exact) mass is 255 g/mol. The Labute approximate surface area is 115 Å². The summed E-state index contributed by atoms with van der Waals surface area (Å²) in [6.07, 6.45) is 0. The molecule has 0 aliphatic carbocycles. The molecule has 19 heavy (non-hydrogen) atoms. The Morgan fingerprint density at radius 3 is 2.47 bits per heavy atom. The van der Waals surface area contributed by atoms with Crippen molar-refractivity contribution >= 4 is 5.69 Å². The zero-order chi connectivity index (χ0) is 13.5. The molecule has 2 aromatic rings. The van der Waals surface area contributed by atoms with Gasteiger partial charge in [-0.25, -0.2) is 0 Å². The normalized spacial score (nSPS) is 10.2. The molecular formula is C17H21NO. The Morgan fingerprint density at radius 2 is 1.79 bits per heavy atom. The van der Waals surface area contributed by atoms with Crippen LogP contribution >= 0.6 is 0 Å². The predicted octanol–water partition coefficient (Wildman–Crippen LogP) is 3.90. The third-order valence-electron chi connectivity index (χ3n) is 3.12. The maximum Gasteiger partial charge on any atom is 0.119 e. The lowest BCUT2D eigenvalue weighted by molar-refractivity contribution is 0.324. The van der Waals surface area contributed by atoms with Crippen LogP contribution in [0.25, 0.3) is 0 Å². The van der Waals surface area contributed by atoms with Crippen LogP contribution in [0.3, 0.4) is 0 Å². The standard InChI is InChI=1S/C17H21NO/c1-3-18(16-9-5-4-6-10-16)12-13-19-17-11-7-8-15(2)14-17/h4-11,14H,3,12-13H2,1-2H3. The van der Waals surface area contributed by atoms with E-state index in [1.807, 2.05) is 18.2 Å². The van der Waals surface area contributed by atoms with Crippen molar-refractivity contribution in [2.75, 3.05) is 24.6 Å². The number of likely N-dealkylation sites (N-methyl/N-ethyl adjacent to an activating group) is 1. The fraction of sp³-hybridized carbons (Fsp3) is 0.294. The maximum atomic E-state index is 5.80. The molecule has 0 fully saturated rings. The van der Waals surface area contributed by atoms with Crippen molar-refractivity contribution in [3.63, 3.8) is 0 Å². The van der Waals surface area contributed by atoms with Gasteiger partial charge in [0, 0.05) is 12.2 Å². The predicted molar refractivity (Wildman–Crippen MR) is 81.0 cm³/mol. The number of rotatable bonds is 6. The van der Waals surface area contributed by atoms with Crippen molar-refractivity contribution in [3.8, 4) is 5.75 Å². The average molecular weight is 255 g/mol. The van der Waals surface area contributed by atoms with Crippen LogP contribution in [-0.4, -0.2) is 19.7 Å². The number of hydrogen-bond donors (Lipinski definition) is 0. The van der Waals surface area contributed by atoms with Crippen LogP contribution in [-0.2, 0) is 0 Å². The molecule has 0 bridgehead atoms. The Kier molecular flexibility index (Phi) is 4.85. The third kappa shape index (κ3) is 4.02. The van der Waals surface area contributed by atoms with Gasteiger partial charge in [0.1, 0.15) is 12.4 Å². The van der Waals surface area contributed by atoms with Gasteiger partial charge in [0.05, 0.1) is 6.54 Å². The molecular weight excluding hydrogens is 234 g/mol. The van der Waals surface area contributed by atoms with Crippen LogP contribution in [0.1, 0.15) is 12.5 Å². The molecule has 2 heteroatoms. The molecule has 0 spiro atoms. The number of anilines is 1. The Morgan fingerprint density at radius 1 is 1.00 bits per heavy atom. The molecule has 0 heterocycles. The second kappa shape index (κ2) is 6.83. The summed E-state index contributed by atoms with van der Waals surface area (Å²) in [5, 5.41) is 0. The lowest BCUT2D eigenvalue weighted by Crippen LogP contribution is -2.27. The fourth-order valence-electron chi connectivity index (χ4n) is 2.09. The number of aryl methyl sites for hydroxylation is 1. The lowest BCUT2D eigenvalue weighted by Gasteiger charge is -2.23. The van der Waals surface area contributed by atoms with E-state index in [-0.39, 0.29) is 0 Å². The third-order valence-corrected chi connectivity index (χ3v) is 3.12. The molecule has 0 N–H and O–H groups in total. The smallest absolute Gasteiger partial charge is 0.119 e. The van der Waals surface area contributed by atoms with Crippen molar-refractivity contribution in [1.29, 1.82) is 0 Å². The van der Waals surface area contributed by atoms with Crippen molar-refractivity contribution in [1.82, 2.24) is 0 Å². The number of para-hydroxylation sites is 1. The SMILES string of the molecule is CCN(CCOc1cccc(C)c1)c1ccccc1. The first-order valence-corrected chi connectivity index (χ1v) is 6.79. The summed E-state index contributed by atoms with van der Waals surface area (Å²) in [5.74, 6) is 0.948. The first kappa shape index (κ1) is 13.5. The summed E-state index contributed by atoms with van der Waals surface area (Å²) in [5.41, 5.74) is 2.48. The highest BCUT2D eigenvalue weighted by Gasteiger charge is 2.03. The highest BCUT2D eigenvalue weighted by molar-refractivity contribution is 5.45. The van der Waals surface area contributed by atoms with Gasteiger partial charge in [0.25, 0.3) is 0 Å². The van der Waals surface area contributed by atoms with Gasteiger partial charge in [0.2, 0.25) is 0 Å². The molecule has 0 unspecified atom stereocenters. The second-order valence-electron chi connectivity index (χ2n) is 4.58. The zero-order valence-corrected chi connectivity index (χ0v) is 11.7. The van der Waals surface area contributed by atoms with E-state index in [2.05, 4.69) is 55.1 Å². The molecule has 0 saturated heterocycles. The van der Waals surface area contributed by atoms with Gasteiger partial charge in [-0.3, -0.25) is 0 Å². The maximum absolute atomic E-state index is 5.80. The highest BCUT2D eigenvalue weighted by atomic mass is 16.5. The Hall–Kier alpha value is -1.96. The molecule has 2 nitrogen and oxygen atoms in total. The van der Waals surface area contributed by atoms with Crippen molar-refractivity contribution in [3.05, 3.63) is 60.2 Å². The second-order valence-corrected chi connectivity index (χ2v) is 4.58. The highest BCUT2D eigenvalue weighted by Crippen LogP contribution is 2.14. The number of benzene rings is 2. The molecule has 2 aromatic carbocycles. The van der Waals surface area contributed by atoms with E-state index < -0.39 is 0 Å². The molecule has 2 rings (SSSR count). The quantitative estimate of drug-likeness (QED) is 0.776. The van der Waals surface area contributed by atoms with Crippen LogP contribution in [0, 0.1) is 6.92 Å². The van der Waals surface area contributed by atoms with Gasteiger partial charge in [-0.05, 0) is 43.7 Å². The van der Waals surface area contributed by atoms with E-state index in [4.69, 9.17) is 4.74 Å². The van der Waals surface area contributed by atoms with E-state index in [9.17, 15) is 0 Å². The fourth-order valence-corrected chi connectivity index (χ4v) is 2.09. The van der Waals surface area contributed by atoms with Crippen LogP contribution in [0.4, 0.5) is 5.69 Å². The van der Waals surface area contributed by atoms with Crippen molar-refractivity contribution in [2.24, 2.45) is 0 Å². The Balaban J connectivity index is 1.87. The summed E-state index contributed by atoms with van der Waals surface area (Å²) >= 11 is 0. The van der Waals surface area contributed by atoms with Crippen molar-refractivity contribution in [2.45, 2.75) is 13.8 Å². The Bertz CT molecular complexity index is 496. The van der Waals surface area contributed by atoms with E-state index in [1.54, 1.807) is 0 Å². The topological polar surface area (TPSA) is 12.5 Å². The van der Waals surface area contributed by atoms with Gasteiger partial charge < -0.3 is 9.64 Å². The molecule has 0 aliphatic heterocycles. The van der Waals surface area contributed by atoms with E-state index in [1.165, 1.54) is 11.3 Å². The van der Waals surface area contributed by atoms with Crippen molar-refractivity contribution < 1.29 is 4.74 Å². The number of ether oxygens (including phenoxy) is 1.